The van der Waals surface area contributed by atoms with Crippen LogP contribution in [-0.2, 0) is 6.42 Å². The van der Waals surface area contributed by atoms with E-state index in [-0.39, 0.29) is 12.0 Å². The molecule has 0 aliphatic heterocycles. The Balaban J connectivity index is 1.46. The van der Waals surface area contributed by atoms with E-state index < -0.39 is 6.10 Å². The number of benzene rings is 1. The molecule has 0 heterocycles. The van der Waals surface area contributed by atoms with Crippen LogP contribution in [0.2, 0.25) is 0 Å². The van der Waals surface area contributed by atoms with Crippen molar-refractivity contribution < 1.29 is 10.2 Å². The van der Waals surface area contributed by atoms with Gasteiger partial charge in [0.2, 0.25) is 0 Å². The molecular weight excluding hydrogens is 358 g/mol. The van der Waals surface area contributed by atoms with Gasteiger partial charge in [0.15, 0.2) is 0 Å². The SMILES string of the molecule is Cc1ccc(C[C@H](O)C=C[C@@H]2[C@H]3CC(CCCCCN(C)C)=C[C@H]3C[C@H]2O)cc1. The number of hydrogen-bond donors (Lipinski definition) is 2. The zero-order valence-electron chi connectivity index (χ0n) is 18.4. The summed E-state index contributed by atoms with van der Waals surface area (Å²) in [5.41, 5.74) is 3.98. The summed E-state index contributed by atoms with van der Waals surface area (Å²) in [6, 6.07) is 8.34. The van der Waals surface area contributed by atoms with Gasteiger partial charge in [0.1, 0.15) is 0 Å². The van der Waals surface area contributed by atoms with Gasteiger partial charge in [-0.15, -0.1) is 0 Å². The van der Waals surface area contributed by atoms with Crippen molar-refractivity contribution in [3.8, 4) is 0 Å². The Kier molecular flexibility index (Phi) is 8.11. The zero-order chi connectivity index (χ0) is 20.8. The Morgan fingerprint density at radius 2 is 1.90 bits per heavy atom. The number of hydrogen-bond acceptors (Lipinski definition) is 3. The van der Waals surface area contributed by atoms with Crippen LogP contribution in [0, 0.1) is 24.7 Å². The van der Waals surface area contributed by atoms with Gasteiger partial charge in [0.25, 0.3) is 0 Å². The van der Waals surface area contributed by atoms with Crippen LogP contribution in [0.1, 0.15) is 49.7 Å². The number of rotatable bonds is 10. The predicted molar refractivity (Wildman–Crippen MR) is 121 cm³/mol. The molecule has 1 saturated carbocycles. The highest BCUT2D eigenvalue weighted by Crippen LogP contribution is 2.48. The molecule has 0 radical (unpaired) electrons. The fraction of sp³-hybridized carbons (Fsp3) is 0.615. The molecule has 0 spiro atoms. The third-order valence-corrected chi connectivity index (χ3v) is 6.67. The number of aliphatic hydroxyl groups excluding tert-OH is 2. The van der Waals surface area contributed by atoms with Crippen LogP contribution >= 0.6 is 0 Å². The molecule has 0 bridgehead atoms. The molecule has 1 fully saturated rings. The highest BCUT2D eigenvalue weighted by atomic mass is 16.3. The Morgan fingerprint density at radius 3 is 2.62 bits per heavy atom. The molecule has 5 atom stereocenters. The van der Waals surface area contributed by atoms with Gasteiger partial charge in [-0.2, -0.15) is 0 Å². The van der Waals surface area contributed by atoms with Crippen molar-refractivity contribution in [2.75, 3.05) is 20.6 Å². The summed E-state index contributed by atoms with van der Waals surface area (Å²) in [6.45, 7) is 3.25. The van der Waals surface area contributed by atoms with E-state index >= 15 is 0 Å². The summed E-state index contributed by atoms with van der Waals surface area (Å²) in [5.74, 6) is 1.21. The maximum atomic E-state index is 10.5. The van der Waals surface area contributed by atoms with Gasteiger partial charge in [-0.1, -0.05) is 60.1 Å². The second-order valence-corrected chi connectivity index (χ2v) is 9.49. The first-order chi connectivity index (χ1) is 13.9. The first-order valence-corrected chi connectivity index (χ1v) is 11.4. The topological polar surface area (TPSA) is 43.7 Å². The van der Waals surface area contributed by atoms with Gasteiger partial charge in [-0.3, -0.25) is 0 Å². The average molecular weight is 398 g/mol. The van der Waals surface area contributed by atoms with Gasteiger partial charge in [0, 0.05) is 12.3 Å². The Bertz CT molecular complexity index is 691. The lowest BCUT2D eigenvalue weighted by atomic mass is 9.88. The summed E-state index contributed by atoms with van der Waals surface area (Å²) in [4.78, 5) is 2.25. The second kappa shape index (κ2) is 10.6. The molecule has 2 aliphatic carbocycles. The summed E-state index contributed by atoms with van der Waals surface area (Å²) in [6.07, 6.45) is 13.4. The van der Waals surface area contributed by atoms with Crippen LogP contribution in [0.4, 0.5) is 0 Å². The number of allylic oxidation sites excluding steroid dienone is 2. The summed E-state index contributed by atoms with van der Waals surface area (Å²) in [7, 11) is 4.27. The molecule has 160 valence electrons. The zero-order valence-corrected chi connectivity index (χ0v) is 18.4. The Morgan fingerprint density at radius 1 is 1.14 bits per heavy atom. The molecule has 1 aromatic carbocycles. The van der Waals surface area contributed by atoms with Gasteiger partial charge < -0.3 is 15.1 Å². The lowest BCUT2D eigenvalue weighted by Crippen LogP contribution is -2.18. The van der Waals surface area contributed by atoms with E-state index in [2.05, 4.69) is 62.3 Å². The molecular formula is C26H39NO2. The standard InChI is InChI=1S/C26H39NO2/c1-19-8-10-20(11-9-19)16-23(28)12-13-24-25-17-21(15-22(25)18-26(24)29)7-5-4-6-14-27(2)3/h8-13,15,22-26,28-29H,4-7,14,16-18H2,1-3H3/t22-,23+,24+,25-,26+/m0/s1. The van der Waals surface area contributed by atoms with Crippen LogP contribution in [-0.4, -0.2) is 48.0 Å². The van der Waals surface area contributed by atoms with Crippen LogP contribution in [0.15, 0.2) is 48.1 Å². The average Bonchev–Trinajstić information content (AvgIpc) is 3.18. The predicted octanol–water partition coefficient (Wildman–Crippen LogP) is 4.52. The van der Waals surface area contributed by atoms with Crippen molar-refractivity contribution in [3.05, 3.63) is 59.2 Å². The molecule has 0 aromatic heterocycles. The van der Waals surface area contributed by atoms with Crippen molar-refractivity contribution in [1.29, 1.82) is 0 Å². The monoisotopic (exact) mass is 397 g/mol. The van der Waals surface area contributed by atoms with E-state index in [0.717, 1.165) is 18.4 Å². The van der Waals surface area contributed by atoms with E-state index in [1.807, 2.05) is 6.08 Å². The molecule has 0 saturated heterocycles. The molecule has 2 N–H and O–H groups in total. The van der Waals surface area contributed by atoms with E-state index in [4.69, 9.17) is 0 Å². The van der Waals surface area contributed by atoms with E-state index in [0.29, 0.717) is 18.3 Å². The number of unbranched alkanes of at least 4 members (excludes halogenated alkanes) is 2. The minimum Gasteiger partial charge on any atom is -0.392 e. The van der Waals surface area contributed by atoms with Crippen molar-refractivity contribution in [2.45, 2.75) is 64.1 Å². The molecule has 3 rings (SSSR count). The fourth-order valence-corrected chi connectivity index (χ4v) is 5.04. The molecule has 1 aromatic rings. The third kappa shape index (κ3) is 6.53. The van der Waals surface area contributed by atoms with Crippen molar-refractivity contribution in [3.63, 3.8) is 0 Å². The summed E-state index contributed by atoms with van der Waals surface area (Å²) < 4.78 is 0. The van der Waals surface area contributed by atoms with E-state index in [1.165, 1.54) is 37.8 Å². The van der Waals surface area contributed by atoms with Gasteiger partial charge >= 0.3 is 0 Å². The third-order valence-electron chi connectivity index (χ3n) is 6.67. The van der Waals surface area contributed by atoms with Crippen molar-refractivity contribution in [1.82, 2.24) is 4.90 Å². The largest absolute Gasteiger partial charge is 0.392 e. The van der Waals surface area contributed by atoms with E-state index in [9.17, 15) is 10.2 Å². The number of nitrogens with zero attached hydrogens (tertiary/aromatic N) is 1. The van der Waals surface area contributed by atoms with Crippen LogP contribution in [0.5, 0.6) is 0 Å². The maximum absolute atomic E-state index is 10.5. The van der Waals surface area contributed by atoms with Gasteiger partial charge in [-0.05, 0) is 77.1 Å². The molecule has 0 unspecified atom stereocenters. The number of fused-ring (bicyclic) bond motifs is 1. The van der Waals surface area contributed by atoms with Crippen LogP contribution < -0.4 is 0 Å². The van der Waals surface area contributed by atoms with Crippen LogP contribution in [0.25, 0.3) is 0 Å². The summed E-state index contributed by atoms with van der Waals surface area (Å²) in [5, 5.41) is 21.0. The quantitative estimate of drug-likeness (QED) is 0.451. The van der Waals surface area contributed by atoms with Crippen molar-refractivity contribution >= 4 is 0 Å². The lowest BCUT2D eigenvalue weighted by Gasteiger charge is -2.19. The Hall–Kier alpha value is -1.42. The second-order valence-electron chi connectivity index (χ2n) is 9.49. The van der Waals surface area contributed by atoms with Crippen molar-refractivity contribution in [2.24, 2.45) is 17.8 Å². The van der Waals surface area contributed by atoms with Crippen LogP contribution in [0.3, 0.4) is 0 Å². The molecule has 29 heavy (non-hydrogen) atoms. The minimum absolute atomic E-state index is 0.176. The number of aryl methyl sites for hydroxylation is 1. The first kappa shape index (κ1) is 22.3. The highest BCUT2D eigenvalue weighted by Gasteiger charge is 2.43. The highest BCUT2D eigenvalue weighted by molar-refractivity contribution is 5.23. The molecule has 0 amide bonds. The normalized spacial score (nSPS) is 27.6. The molecule has 2 aliphatic rings. The first-order valence-electron chi connectivity index (χ1n) is 11.4. The maximum Gasteiger partial charge on any atom is 0.0761 e. The summed E-state index contributed by atoms with van der Waals surface area (Å²) >= 11 is 0. The van der Waals surface area contributed by atoms with E-state index in [1.54, 1.807) is 5.57 Å². The smallest absolute Gasteiger partial charge is 0.0761 e. The Labute approximate surface area is 177 Å². The minimum atomic E-state index is -0.491. The molecule has 3 heteroatoms. The lowest BCUT2D eigenvalue weighted by molar-refractivity contribution is 0.140. The van der Waals surface area contributed by atoms with Gasteiger partial charge in [0.05, 0.1) is 12.2 Å². The number of aliphatic hydroxyl groups is 2. The van der Waals surface area contributed by atoms with Gasteiger partial charge in [-0.25, -0.2) is 0 Å². The molecule has 3 nitrogen and oxygen atoms in total. The fourth-order valence-electron chi connectivity index (χ4n) is 5.04.